The highest BCUT2D eigenvalue weighted by molar-refractivity contribution is 5.80. The molecule has 5 heteroatoms. The first-order valence-electron chi connectivity index (χ1n) is 6.86. The molecule has 0 fully saturated rings. The van der Waals surface area contributed by atoms with Gasteiger partial charge in [0.15, 0.2) is 0 Å². The lowest BCUT2D eigenvalue weighted by Gasteiger charge is -2.11. The molecule has 1 unspecified atom stereocenters. The van der Waals surface area contributed by atoms with Crippen molar-refractivity contribution >= 4 is 11.8 Å². The van der Waals surface area contributed by atoms with Crippen LogP contribution in [-0.2, 0) is 16.1 Å². The van der Waals surface area contributed by atoms with E-state index < -0.39 is 0 Å². The van der Waals surface area contributed by atoms with Gasteiger partial charge in [0.05, 0.1) is 0 Å². The lowest BCUT2D eigenvalue weighted by molar-refractivity contribution is -0.124. The average molecular weight is 277 g/mol. The highest BCUT2D eigenvalue weighted by Crippen LogP contribution is 1.97. The SMILES string of the molecule is CNCC(C)C(=O)NCCC(=O)NCc1ccccc1. The first-order chi connectivity index (χ1) is 9.63. The molecule has 0 radical (unpaired) electrons. The molecule has 2 amide bonds. The lowest BCUT2D eigenvalue weighted by Crippen LogP contribution is -2.36. The van der Waals surface area contributed by atoms with Crippen molar-refractivity contribution in [3.8, 4) is 0 Å². The van der Waals surface area contributed by atoms with Crippen molar-refractivity contribution in [1.29, 1.82) is 0 Å². The van der Waals surface area contributed by atoms with Gasteiger partial charge in [-0.1, -0.05) is 37.3 Å². The van der Waals surface area contributed by atoms with Crippen LogP contribution < -0.4 is 16.0 Å². The van der Waals surface area contributed by atoms with E-state index in [4.69, 9.17) is 0 Å². The van der Waals surface area contributed by atoms with Crippen LogP contribution in [0.15, 0.2) is 30.3 Å². The number of rotatable bonds is 8. The molecule has 0 saturated heterocycles. The van der Waals surface area contributed by atoms with Crippen molar-refractivity contribution in [2.45, 2.75) is 19.9 Å². The quantitative estimate of drug-likeness (QED) is 0.654. The summed E-state index contributed by atoms with van der Waals surface area (Å²) in [6.45, 7) is 3.37. The Hall–Kier alpha value is -1.88. The summed E-state index contributed by atoms with van der Waals surface area (Å²) in [7, 11) is 1.81. The van der Waals surface area contributed by atoms with Crippen LogP contribution in [0.2, 0.25) is 0 Å². The molecule has 0 spiro atoms. The number of nitrogens with one attached hydrogen (secondary N) is 3. The van der Waals surface area contributed by atoms with E-state index in [0.29, 0.717) is 26.1 Å². The Morgan fingerprint density at radius 3 is 2.50 bits per heavy atom. The third-order valence-corrected chi connectivity index (χ3v) is 2.94. The molecule has 0 aromatic heterocycles. The predicted octanol–water partition coefficient (Wildman–Crippen LogP) is 0.665. The van der Waals surface area contributed by atoms with Crippen molar-refractivity contribution in [2.75, 3.05) is 20.1 Å². The Labute approximate surface area is 120 Å². The van der Waals surface area contributed by atoms with E-state index in [1.165, 1.54) is 0 Å². The lowest BCUT2D eigenvalue weighted by atomic mass is 10.1. The topological polar surface area (TPSA) is 70.2 Å². The molecule has 1 aromatic carbocycles. The predicted molar refractivity (Wildman–Crippen MR) is 79.0 cm³/mol. The van der Waals surface area contributed by atoms with Crippen molar-refractivity contribution in [3.05, 3.63) is 35.9 Å². The van der Waals surface area contributed by atoms with E-state index in [1.54, 1.807) is 7.05 Å². The normalized spacial score (nSPS) is 11.7. The van der Waals surface area contributed by atoms with Gasteiger partial charge < -0.3 is 16.0 Å². The molecule has 0 saturated carbocycles. The van der Waals surface area contributed by atoms with Crippen LogP contribution in [0, 0.1) is 5.92 Å². The molecule has 1 rings (SSSR count). The maximum absolute atomic E-state index is 11.6. The fourth-order valence-corrected chi connectivity index (χ4v) is 1.76. The zero-order valence-electron chi connectivity index (χ0n) is 12.1. The van der Waals surface area contributed by atoms with Crippen LogP contribution in [-0.4, -0.2) is 32.0 Å². The molecule has 1 aromatic rings. The van der Waals surface area contributed by atoms with Gasteiger partial charge in [-0.15, -0.1) is 0 Å². The molecular weight excluding hydrogens is 254 g/mol. The number of benzene rings is 1. The molecule has 0 bridgehead atoms. The molecule has 0 aliphatic rings. The second-order valence-corrected chi connectivity index (χ2v) is 4.76. The summed E-state index contributed by atoms with van der Waals surface area (Å²) < 4.78 is 0. The zero-order valence-corrected chi connectivity index (χ0v) is 12.1. The van der Waals surface area contributed by atoms with Crippen molar-refractivity contribution in [1.82, 2.24) is 16.0 Å². The second-order valence-electron chi connectivity index (χ2n) is 4.76. The minimum absolute atomic E-state index is 0.0322. The van der Waals surface area contributed by atoms with Crippen LogP contribution in [0.25, 0.3) is 0 Å². The molecular formula is C15H23N3O2. The average Bonchev–Trinajstić information content (AvgIpc) is 2.46. The van der Waals surface area contributed by atoms with Gasteiger partial charge in [0.1, 0.15) is 0 Å². The fourth-order valence-electron chi connectivity index (χ4n) is 1.76. The fraction of sp³-hybridized carbons (Fsp3) is 0.467. The summed E-state index contributed by atoms with van der Waals surface area (Å²) in [5.74, 6) is -0.182. The molecule has 1 atom stereocenters. The molecule has 3 N–H and O–H groups in total. The van der Waals surface area contributed by atoms with Crippen LogP contribution in [0.1, 0.15) is 18.9 Å². The molecule has 0 heterocycles. The van der Waals surface area contributed by atoms with Gasteiger partial charge in [0.2, 0.25) is 11.8 Å². The molecule has 5 nitrogen and oxygen atoms in total. The van der Waals surface area contributed by atoms with Crippen LogP contribution in [0.5, 0.6) is 0 Å². The van der Waals surface area contributed by atoms with Gasteiger partial charge in [-0.25, -0.2) is 0 Å². The van der Waals surface area contributed by atoms with Crippen molar-refractivity contribution in [2.24, 2.45) is 5.92 Å². The molecule has 0 aliphatic heterocycles. The van der Waals surface area contributed by atoms with Gasteiger partial charge in [-0.2, -0.15) is 0 Å². The van der Waals surface area contributed by atoms with Gasteiger partial charge in [0.25, 0.3) is 0 Å². The smallest absolute Gasteiger partial charge is 0.224 e. The summed E-state index contributed by atoms with van der Waals surface area (Å²) in [5, 5.41) is 8.53. The maximum Gasteiger partial charge on any atom is 0.224 e. The zero-order chi connectivity index (χ0) is 14.8. The number of hydrogen-bond acceptors (Lipinski definition) is 3. The van der Waals surface area contributed by atoms with E-state index in [-0.39, 0.29) is 17.7 Å². The van der Waals surface area contributed by atoms with E-state index in [1.807, 2.05) is 37.3 Å². The molecule has 110 valence electrons. The maximum atomic E-state index is 11.6. The summed E-state index contributed by atoms with van der Waals surface area (Å²) in [5.41, 5.74) is 1.06. The Morgan fingerprint density at radius 1 is 1.15 bits per heavy atom. The van der Waals surface area contributed by atoms with Crippen LogP contribution in [0.3, 0.4) is 0 Å². The minimum atomic E-state index is -0.0904. The van der Waals surface area contributed by atoms with Crippen LogP contribution >= 0.6 is 0 Å². The van der Waals surface area contributed by atoms with E-state index in [2.05, 4.69) is 16.0 Å². The van der Waals surface area contributed by atoms with Gasteiger partial charge in [-0.3, -0.25) is 9.59 Å². The number of carbonyl (C=O) groups excluding carboxylic acids is 2. The standard InChI is InChI=1S/C15H23N3O2/c1-12(10-16-2)15(20)17-9-8-14(19)18-11-13-6-4-3-5-7-13/h3-7,12,16H,8-11H2,1-2H3,(H,17,20)(H,18,19). The number of amides is 2. The van der Waals surface area contributed by atoms with Crippen molar-refractivity contribution < 1.29 is 9.59 Å². The number of hydrogen-bond donors (Lipinski definition) is 3. The second kappa shape index (κ2) is 9.09. The van der Waals surface area contributed by atoms with E-state index >= 15 is 0 Å². The largest absolute Gasteiger partial charge is 0.355 e. The first-order valence-corrected chi connectivity index (χ1v) is 6.86. The van der Waals surface area contributed by atoms with E-state index in [0.717, 1.165) is 5.56 Å². The van der Waals surface area contributed by atoms with Gasteiger partial charge in [0, 0.05) is 32.0 Å². The van der Waals surface area contributed by atoms with Gasteiger partial charge in [-0.05, 0) is 12.6 Å². The van der Waals surface area contributed by atoms with E-state index in [9.17, 15) is 9.59 Å². The summed E-state index contributed by atoms with van der Waals surface area (Å²) in [6.07, 6.45) is 0.296. The minimum Gasteiger partial charge on any atom is -0.355 e. The van der Waals surface area contributed by atoms with Crippen molar-refractivity contribution in [3.63, 3.8) is 0 Å². The monoisotopic (exact) mass is 277 g/mol. The Kier molecular flexibility index (Phi) is 7.35. The highest BCUT2D eigenvalue weighted by Gasteiger charge is 2.11. The summed E-state index contributed by atoms with van der Waals surface area (Å²) >= 11 is 0. The first kappa shape index (κ1) is 16.2. The Balaban J connectivity index is 2.16. The summed E-state index contributed by atoms with van der Waals surface area (Å²) in [6, 6.07) is 9.73. The summed E-state index contributed by atoms with van der Waals surface area (Å²) in [4.78, 5) is 23.2. The molecule has 20 heavy (non-hydrogen) atoms. The third-order valence-electron chi connectivity index (χ3n) is 2.94. The molecule has 0 aliphatic carbocycles. The Morgan fingerprint density at radius 2 is 1.85 bits per heavy atom. The van der Waals surface area contributed by atoms with Crippen LogP contribution in [0.4, 0.5) is 0 Å². The number of carbonyl (C=O) groups is 2. The highest BCUT2D eigenvalue weighted by atomic mass is 16.2. The third kappa shape index (κ3) is 6.33. The Bertz CT molecular complexity index is 420. The van der Waals surface area contributed by atoms with Gasteiger partial charge >= 0.3 is 0 Å².